The normalized spacial score (nSPS) is 18.2. The van der Waals surface area contributed by atoms with Gasteiger partial charge in [0.15, 0.2) is 11.5 Å². The lowest BCUT2D eigenvalue weighted by Crippen LogP contribution is -2.52. The summed E-state index contributed by atoms with van der Waals surface area (Å²) in [7, 11) is 3.35. The van der Waals surface area contributed by atoms with Crippen molar-refractivity contribution in [3.05, 3.63) is 48.2 Å². The van der Waals surface area contributed by atoms with Gasteiger partial charge in [-0.3, -0.25) is 4.90 Å². The third-order valence-electron chi connectivity index (χ3n) is 4.87. The molecule has 0 aliphatic carbocycles. The predicted molar refractivity (Wildman–Crippen MR) is 101 cm³/mol. The minimum atomic E-state index is 0.510. The minimum absolute atomic E-state index is 0.510. The Balaban J connectivity index is 1.56. The molecule has 1 fully saturated rings. The third kappa shape index (κ3) is 4.23. The smallest absolute Gasteiger partial charge is 0.160 e. The monoisotopic (exact) mass is 341 g/mol. The molecule has 0 N–H and O–H groups in total. The molecule has 1 aromatic carbocycles. The van der Waals surface area contributed by atoms with Gasteiger partial charge in [-0.15, -0.1) is 0 Å². The summed E-state index contributed by atoms with van der Waals surface area (Å²) < 4.78 is 10.7. The second-order valence-corrected chi connectivity index (χ2v) is 6.46. The molecule has 1 aliphatic heterocycles. The summed E-state index contributed by atoms with van der Waals surface area (Å²) in [5.74, 6) is 2.66. The molecule has 0 radical (unpaired) electrons. The second kappa shape index (κ2) is 8.21. The fourth-order valence-corrected chi connectivity index (χ4v) is 3.39. The molecule has 5 nitrogen and oxygen atoms in total. The molecule has 1 aliphatic rings. The molecule has 25 heavy (non-hydrogen) atoms. The lowest BCUT2D eigenvalue weighted by Gasteiger charge is -2.40. The topological polar surface area (TPSA) is 37.8 Å². The number of anilines is 1. The van der Waals surface area contributed by atoms with Gasteiger partial charge in [-0.2, -0.15) is 0 Å². The van der Waals surface area contributed by atoms with E-state index in [4.69, 9.17) is 9.47 Å². The van der Waals surface area contributed by atoms with E-state index >= 15 is 0 Å². The summed E-state index contributed by atoms with van der Waals surface area (Å²) in [5.41, 5.74) is 1.28. The van der Waals surface area contributed by atoms with Gasteiger partial charge in [0.2, 0.25) is 0 Å². The molecule has 1 atom stereocenters. The molecule has 1 aromatic heterocycles. The molecule has 3 rings (SSSR count). The number of ether oxygens (including phenoxy) is 2. The molecule has 0 spiro atoms. The zero-order valence-electron chi connectivity index (χ0n) is 15.3. The number of nitrogens with zero attached hydrogens (tertiary/aromatic N) is 3. The average molecular weight is 341 g/mol. The van der Waals surface area contributed by atoms with E-state index in [0.29, 0.717) is 6.04 Å². The van der Waals surface area contributed by atoms with Crippen molar-refractivity contribution in [2.45, 2.75) is 19.4 Å². The lowest BCUT2D eigenvalue weighted by molar-refractivity contribution is 0.191. The van der Waals surface area contributed by atoms with Crippen LogP contribution in [0.3, 0.4) is 0 Å². The summed E-state index contributed by atoms with van der Waals surface area (Å²) in [6.07, 6.45) is 2.87. The van der Waals surface area contributed by atoms with Gasteiger partial charge in [0, 0.05) is 38.4 Å². The number of methoxy groups -OCH3 is 2. The molecular weight excluding hydrogens is 314 g/mol. The van der Waals surface area contributed by atoms with E-state index < -0.39 is 0 Å². The van der Waals surface area contributed by atoms with Gasteiger partial charge in [0.1, 0.15) is 5.82 Å². The van der Waals surface area contributed by atoms with Crippen molar-refractivity contribution in [2.24, 2.45) is 0 Å². The van der Waals surface area contributed by atoms with Crippen molar-refractivity contribution in [2.75, 3.05) is 45.3 Å². The van der Waals surface area contributed by atoms with Crippen LogP contribution in [0.1, 0.15) is 12.5 Å². The second-order valence-electron chi connectivity index (χ2n) is 6.46. The summed E-state index contributed by atoms with van der Waals surface area (Å²) in [6, 6.07) is 12.8. The predicted octanol–water partition coefficient (Wildman–Crippen LogP) is 2.85. The SMILES string of the molecule is COc1ccc(CCN2CCN(c3ccccn3)CC2C)cc1OC. The molecule has 134 valence electrons. The first kappa shape index (κ1) is 17.5. The van der Waals surface area contributed by atoms with Crippen LogP contribution < -0.4 is 14.4 Å². The zero-order valence-corrected chi connectivity index (χ0v) is 15.3. The van der Waals surface area contributed by atoms with Crippen LogP contribution in [0.5, 0.6) is 11.5 Å². The van der Waals surface area contributed by atoms with Crippen molar-refractivity contribution >= 4 is 5.82 Å². The number of hydrogen-bond acceptors (Lipinski definition) is 5. The van der Waals surface area contributed by atoms with Crippen LogP contribution in [0, 0.1) is 0 Å². The van der Waals surface area contributed by atoms with Crippen LogP contribution in [0.15, 0.2) is 42.6 Å². The van der Waals surface area contributed by atoms with Crippen LogP contribution in [0.25, 0.3) is 0 Å². The van der Waals surface area contributed by atoms with E-state index in [9.17, 15) is 0 Å². The van der Waals surface area contributed by atoms with Gasteiger partial charge in [0.05, 0.1) is 14.2 Å². The standard InChI is InChI=1S/C20H27N3O2/c1-16-15-23(20-6-4-5-10-21-20)13-12-22(16)11-9-17-7-8-18(24-2)19(14-17)25-3/h4-8,10,14,16H,9,11-13,15H2,1-3H3. The molecule has 0 bridgehead atoms. The van der Waals surface area contributed by atoms with Crippen molar-refractivity contribution < 1.29 is 9.47 Å². The summed E-state index contributed by atoms with van der Waals surface area (Å²) in [5, 5.41) is 0. The minimum Gasteiger partial charge on any atom is -0.493 e. The van der Waals surface area contributed by atoms with Crippen LogP contribution in [-0.2, 0) is 6.42 Å². The Labute approximate surface area is 150 Å². The van der Waals surface area contributed by atoms with Crippen LogP contribution >= 0.6 is 0 Å². The molecule has 0 amide bonds. The Hall–Kier alpha value is -2.27. The van der Waals surface area contributed by atoms with Gasteiger partial charge in [-0.25, -0.2) is 4.98 Å². The van der Waals surface area contributed by atoms with E-state index in [1.54, 1.807) is 14.2 Å². The Morgan fingerprint density at radius 3 is 2.60 bits per heavy atom. The van der Waals surface area contributed by atoms with Gasteiger partial charge in [0.25, 0.3) is 0 Å². The quantitative estimate of drug-likeness (QED) is 0.808. The number of rotatable bonds is 6. The van der Waals surface area contributed by atoms with Gasteiger partial charge < -0.3 is 14.4 Å². The first-order valence-electron chi connectivity index (χ1n) is 8.82. The average Bonchev–Trinajstić information content (AvgIpc) is 2.67. The summed E-state index contributed by atoms with van der Waals surface area (Å²) >= 11 is 0. The maximum Gasteiger partial charge on any atom is 0.160 e. The summed E-state index contributed by atoms with van der Waals surface area (Å²) in [4.78, 5) is 9.40. The highest BCUT2D eigenvalue weighted by atomic mass is 16.5. The molecule has 1 saturated heterocycles. The zero-order chi connectivity index (χ0) is 17.6. The van der Waals surface area contributed by atoms with E-state index in [1.165, 1.54) is 5.56 Å². The molecule has 1 unspecified atom stereocenters. The third-order valence-corrected chi connectivity index (χ3v) is 4.87. The number of benzene rings is 1. The number of hydrogen-bond donors (Lipinski definition) is 0. The van der Waals surface area contributed by atoms with Crippen molar-refractivity contribution in [3.8, 4) is 11.5 Å². The van der Waals surface area contributed by atoms with Gasteiger partial charge in [-0.1, -0.05) is 12.1 Å². The van der Waals surface area contributed by atoms with E-state index in [2.05, 4.69) is 46.0 Å². The highest BCUT2D eigenvalue weighted by Crippen LogP contribution is 2.28. The Morgan fingerprint density at radius 1 is 1.08 bits per heavy atom. The van der Waals surface area contributed by atoms with Crippen LogP contribution in [-0.4, -0.2) is 56.3 Å². The van der Waals surface area contributed by atoms with E-state index in [0.717, 1.165) is 49.9 Å². The van der Waals surface area contributed by atoms with Crippen LogP contribution in [0.2, 0.25) is 0 Å². The van der Waals surface area contributed by atoms with E-state index in [1.807, 2.05) is 18.3 Å². The highest BCUT2D eigenvalue weighted by Gasteiger charge is 2.24. The Bertz CT molecular complexity index is 678. The maximum absolute atomic E-state index is 5.40. The maximum atomic E-state index is 5.40. The molecule has 2 heterocycles. The first-order valence-corrected chi connectivity index (χ1v) is 8.82. The largest absolute Gasteiger partial charge is 0.493 e. The molecule has 5 heteroatoms. The molecular formula is C20H27N3O2. The molecule has 0 saturated carbocycles. The van der Waals surface area contributed by atoms with Crippen molar-refractivity contribution in [1.82, 2.24) is 9.88 Å². The Kier molecular flexibility index (Phi) is 5.76. The van der Waals surface area contributed by atoms with Gasteiger partial charge >= 0.3 is 0 Å². The molecule has 2 aromatic rings. The van der Waals surface area contributed by atoms with Gasteiger partial charge in [-0.05, 0) is 43.2 Å². The fraction of sp³-hybridized carbons (Fsp3) is 0.450. The number of pyridine rings is 1. The Morgan fingerprint density at radius 2 is 1.92 bits per heavy atom. The first-order chi connectivity index (χ1) is 12.2. The number of piperazine rings is 1. The van der Waals surface area contributed by atoms with Crippen LogP contribution in [0.4, 0.5) is 5.82 Å². The number of aromatic nitrogens is 1. The van der Waals surface area contributed by atoms with Crippen molar-refractivity contribution in [3.63, 3.8) is 0 Å². The van der Waals surface area contributed by atoms with E-state index in [-0.39, 0.29) is 0 Å². The van der Waals surface area contributed by atoms with Crippen molar-refractivity contribution in [1.29, 1.82) is 0 Å². The summed E-state index contributed by atoms with van der Waals surface area (Å²) in [6.45, 7) is 6.44. The lowest BCUT2D eigenvalue weighted by atomic mass is 10.1. The fourth-order valence-electron chi connectivity index (χ4n) is 3.39. The highest BCUT2D eigenvalue weighted by molar-refractivity contribution is 5.43.